The number of anilines is 1. The lowest BCUT2D eigenvalue weighted by Crippen LogP contribution is -2.36. The molecule has 0 spiro atoms. The third-order valence-electron chi connectivity index (χ3n) is 3.30. The Hall–Kier alpha value is -1.64. The molecule has 0 fully saturated rings. The number of hydrogen-bond donors (Lipinski definition) is 1. The molecule has 1 aromatic rings. The molecule has 1 heterocycles. The number of hydrogen-bond acceptors (Lipinski definition) is 5. The molecule has 0 unspecified atom stereocenters. The monoisotopic (exact) mass is 328 g/mol. The molecule has 1 aliphatic rings. The SMILES string of the molecule is COCCCNS(=O)(=O)c1ccc2c(c1)N(C(C)=O)CCO2. The van der Waals surface area contributed by atoms with Crippen molar-refractivity contribution < 1.29 is 22.7 Å². The molecule has 1 aliphatic heterocycles. The number of nitrogens with zero attached hydrogens (tertiary/aromatic N) is 1. The molecule has 0 saturated heterocycles. The summed E-state index contributed by atoms with van der Waals surface area (Å²) in [6.45, 7) is 3.03. The van der Waals surface area contributed by atoms with Gasteiger partial charge in [-0.3, -0.25) is 4.79 Å². The first-order valence-corrected chi connectivity index (χ1v) is 8.47. The van der Waals surface area contributed by atoms with E-state index in [1.807, 2.05) is 0 Å². The third kappa shape index (κ3) is 3.76. The Labute approximate surface area is 130 Å². The standard InChI is InChI=1S/C14H20N2O5S/c1-11(17)16-7-9-21-14-5-4-12(10-13(14)16)22(18,19)15-6-3-8-20-2/h4-5,10,15H,3,6-9H2,1-2H3. The van der Waals surface area contributed by atoms with Crippen LogP contribution in [0.4, 0.5) is 5.69 Å². The minimum Gasteiger partial charge on any atom is -0.490 e. The van der Waals surface area contributed by atoms with Crippen molar-refractivity contribution in [3.8, 4) is 5.75 Å². The van der Waals surface area contributed by atoms with E-state index in [1.54, 1.807) is 13.2 Å². The molecule has 0 saturated carbocycles. The third-order valence-corrected chi connectivity index (χ3v) is 4.76. The van der Waals surface area contributed by atoms with Crippen LogP contribution in [0.3, 0.4) is 0 Å². The van der Waals surface area contributed by atoms with Crippen LogP contribution in [0.15, 0.2) is 23.1 Å². The number of rotatable bonds is 6. The van der Waals surface area contributed by atoms with Gasteiger partial charge >= 0.3 is 0 Å². The maximum Gasteiger partial charge on any atom is 0.240 e. The molecule has 0 aromatic heterocycles. The topological polar surface area (TPSA) is 84.9 Å². The molecule has 0 radical (unpaired) electrons. The number of benzene rings is 1. The van der Waals surface area contributed by atoms with Gasteiger partial charge in [0.15, 0.2) is 0 Å². The van der Waals surface area contributed by atoms with Crippen LogP contribution in [0.1, 0.15) is 13.3 Å². The van der Waals surface area contributed by atoms with Crippen molar-refractivity contribution in [1.82, 2.24) is 4.72 Å². The van der Waals surface area contributed by atoms with E-state index < -0.39 is 10.0 Å². The highest BCUT2D eigenvalue weighted by atomic mass is 32.2. The maximum atomic E-state index is 12.3. The summed E-state index contributed by atoms with van der Waals surface area (Å²) < 4.78 is 37.4. The van der Waals surface area contributed by atoms with Gasteiger partial charge in [0, 0.05) is 27.2 Å². The van der Waals surface area contributed by atoms with Crippen LogP contribution in [0.2, 0.25) is 0 Å². The number of fused-ring (bicyclic) bond motifs is 1. The Balaban J connectivity index is 2.22. The number of methoxy groups -OCH3 is 1. The molecule has 122 valence electrons. The van der Waals surface area contributed by atoms with Crippen molar-refractivity contribution in [2.45, 2.75) is 18.2 Å². The van der Waals surface area contributed by atoms with Crippen LogP contribution in [0, 0.1) is 0 Å². The highest BCUT2D eigenvalue weighted by molar-refractivity contribution is 7.89. The first-order valence-electron chi connectivity index (χ1n) is 6.99. The molecule has 0 atom stereocenters. The van der Waals surface area contributed by atoms with Crippen molar-refractivity contribution in [2.75, 3.05) is 38.3 Å². The lowest BCUT2D eigenvalue weighted by atomic mass is 10.2. The summed E-state index contributed by atoms with van der Waals surface area (Å²) in [5.41, 5.74) is 0.485. The van der Waals surface area contributed by atoms with Crippen molar-refractivity contribution in [1.29, 1.82) is 0 Å². The molecule has 0 bridgehead atoms. The quantitative estimate of drug-likeness (QED) is 0.779. The summed E-state index contributed by atoms with van der Waals surface area (Å²) in [5, 5.41) is 0. The molecular weight excluding hydrogens is 308 g/mol. The fourth-order valence-electron chi connectivity index (χ4n) is 2.20. The van der Waals surface area contributed by atoms with Gasteiger partial charge in [-0.1, -0.05) is 0 Å². The Bertz CT molecular complexity index is 645. The fourth-order valence-corrected chi connectivity index (χ4v) is 3.29. The van der Waals surface area contributed by atoms with Crippen LogP contribution in [0.5, 0.6) is 5.75 Å². The Kier molecular flexibility index (Phi) is 5.38. The number of nitrogens with one attached hydrogen (secondary N) is 1. The fraction of sp³-hybridized carbons (Fsp3) is 0.500. The second-order valence-corrected chi connectivity index (χ2v) is 6.66. The zero-order chi connectivity index (χ0) is 16.2. The predicted molar refractivity (Wildman–Crippen MR) is 81.6 cm³/mol. The number of carbonyl (C=O) groups is 1. The van der Waals surface area contributed by atoms with Crippen LogP contribution in [-0.2, 0) is 19.6 Å². The van der Waals surface area contributed by atoms with E-state index >= 15 is 0 Å². The Morgan fingerprint density at radius 3 is 2.91 bits per heavy atom. The lowest BCUT2D eigenvalue weighted by molar-refractivity contribution is -0.116. The normalized spacial score (nSPS) is 14.4. The van der Waals surface area contributed by atoms with Crippen molar-refractivity contribution in [3.63, 3.8) is 0 Å². The molecule has 8 heteroatoms. The van der Waals surface area contributed by atoms with Gasteiger partial charge in [0.2, 0.25) is 15.9 Å². The van der Waals surface area contributed by atoms with Gasteiger partial charge in [0.25, 0.3) is 0 Å². The first kappa shape index (κ1) is 16.7. The van der Waals surface area contributed by atoms with E-state index in [4.69, 9.17) is 9.47 Å². The molecule has 0 aliphatic carbocycles. The smallest absolute Gasteiger partial charge is 0.240 e. The highest BCUT2D eigenvalue weighted by Gasteiger charge is 2.24. The van der Waals surface area contributed by atoms with Gasteiger partial charge < -0.3 is 14.4 Å². The molecule has 7 nitrogen and oxygen atoms in total. The van der Waals surface area contributed by atoms with Crippen molar-refractivity contribution in [2.24, 2.45) is 0 Å². The molecule has 1 N–H and O–H groups in total. The summed E-state index contributed by atoms with van der Waals surface area (Å²) in [4.78, 5) is 13.3. The van der Waals surface area contributed by atoms with Gasteiger partial charge in [-0.2, -0.15) is 0 Å². The molecular formula is C14H20N2O5S. The van der Waals surface area contributed by atoms with Gasteiger partial charge in [0.05, 0.1) is 17.1 Å². The van der Waals surface area contributed by atoms with Crippen LogP contribution >= 0.6 is 0 Å². The number of ether oxygens (including phenoxy) is 2. The van der Waals surface area contributed by atoms with E-state index in [2.05, 4.69) is 4.72 Å². The Morgan fingerprint density at radius 1 is 1.45 bits per heavy atom. The van der Waals surface area contributed by atoms with E-state index in [1.165, 1.54) is 24.0 Å². The number of amides is 1. The lowest BCUT2D eigenvalue weighted by Gasteiger charge is -2.29. The largest absolute Gasteiger partial charge is 0.490 e. The molecule has 22 heavy (non-hydrogen) atoms. The summed E-state index contributed by atoms with van der Waals surface area (Å²) in [6, 6.07) is 4.52. The Morgan fingerprint density at radius 2 is 2.23 bits per heavy atom. The van der Waals surface area contributed by atoms with Gasteiger partial charge in [-0.25, -0.2) is 13.1 Å². The van der Waals surface area contributed by atoms with E-state index in [9.17, 15) is 13.2 Å². The van der Waals surface area contributed by atoms with Crippen LogP contribution in [0.25, 0.3) is 0 Å². The number of carbonyl (C=O) groups excluding carboxylic acids is 1. The van der Waals surface area contributed by atoms with E-state index in [0.29, 0.717) is 44.2 Å². The zero-order valence-electron chi connectivity index (χ0n) is 12.7. The average molecular weight is 328 g/mol. The second-order valence-electron chi connectivity index (χ2n) is 4.89. The molecule has 1 amide bonds. The predicted octanol–water partition coefficient (Wildman–Crippen LogP) is 0.747. The highest BCUT2D eigenvalue weighted by Crippen LogP contribution is 2.33. The summed E-state index contributed by atoms with van der Waals surface area (Å²) in [7, 11) is -2.06. The van der Waals surface area contributed by atoms with Crippen LogP contribution in [-0.4, -0.2) is 47.7 Å². The van der Waals surface area contributed by atoms with E-state index in [0.717, 1.165) is 0 Å². The minimum absolute atomic E-state index is 0.111. The first-order chi connectivity index (χ1) is 10.5. The summed E-state index contributed by atoms with van der Waals surface area (Å²) in [6.07, 6.45) is 0.587. The van der Waals surface area contributed by atoms with Crippen molar-refractivity contribution >= 4 is 21.6 Å². The van der Waals surface area contributed by atoms with Crippen molar-refractivity contribution in [3.05, 3.63) is 18.2 Å². The van der Waals surface area contributed by atoms with Crippen LogP contribution < -0.4 is 14.4 Å². The summed E-state index contributed by atoms with van der Waals surface area (Å²) >= 11 is 0. The van der Waals surface area contributed by atoms with Gasteiger partial charge in [0.1, 0.15) is 12.4 Å². The van der Waals surface area contributed by atoms with E-state index in [-0.39, 0.29) is 10.8 Å². The van der Waals surface area contributed by atoms with Gasteiger partial charge in [-0.05, 0) is 24.6 Å². The molecule has 2 rings (SSSR count). The zero-order valence-corrected chi connectivity index (χ0v) is 13.5. The molecule has 1 aromatic carbocycles. The van der Waals surface area contributed by atoms with Gasteiger partial charge in [-0.15, -0.1) is 0 Å². The summed E-state index contributed by atoms with van der Waals surface area (Å²) in [5.74, 6) is 0.368. The maximum absolute atomic E-state index is 12.3. The average Bonchev–Trinajstić information content (AvgIpc) is 2.50. The second kappa shape index (κ2) is 7.08. The minimum atomic E-state index is -3.62. The number of sulfonamides is 1.